The number of nitriles is 1. The van der Waals surface area contributed by atoms with E-state index in [0.717, 1.165) is 10.3 Å². The summed E-state index contributed by atoms with van der Waals surface area (Å²) in [5.74, 6) is -0.232. The van der Waals surface area contributed by atoms with Gasteiger partial charge in [-0.05, 0) is 29.8 Å². The predicted octanol–water partition coefficient (Wildman–Crippen LogP) is 3.22. The molecular weight excluding hydrogens is 330 g/mol. The van der Waals surface area contributed by atoms with E-state index < -0.39 is 10.9 Å². The Labute approximate surface area is 139 Å². The number of esters is 1. The standard InChI is InChI=1S/C16H9N3O4S/c17-9-15-18-13-6-1-10(7-14(13)24-15)8-16(20)23-12-4-2-11(3-5-12)19(21)22/h1-7H,8H2. The Morgan fingerprint density at radius 2 is 2.04 bits per heavy atom. The summed E-state index contributed by atoms with van der Waals surface area (Å²) < 4.78 is 5.99. The molecule has 0 amide bonds. The zero-order valence-corrected chi connectivity index (χ0v) is 12.9. The van der Waals surface area contributed by atoms with Crippen molar-refractivity contribution in [3.63, 3.8) is 0 Å². The normalized spacial score (nSPS) is 10.3. The highest BCUT2D eigenvalue weighted by Crippen LogP contribution is 2.23. The molecule has 0 aliphatic heterocycles. The Balaban J connectivity index is 1.70. The van der Waals surface area contributed by atoms with Gasteiger partial charge in [0.2, 0.25) is 0 Å². The molecule has 0 spiro atoms. The van der Waals surface area contributed by atoms with E-state index >= 15 is 0 Å². The highest BCUT2D eigenvalue weighted by Gasteiger charge is 2.11. The molecule has 0 atom stereocenters. The van der Waals surface area contributed by atoms with E-state index in [-0.39, 0.29) is 17.9 Å². The minimum Gasteiger partial charge on any atom is -0.426 e. The molecule has 7 nitrogen and oxygen atoms in total. The molecule has 0 bridgehead atoms. The topological polar surface area (TPSA) is 106 Å². The fourth-order valence-corrected chi connectivity index (χ4v) is 2.92. The van der Waals surface area contributed by atoms with Crippen LogP contribution in [0.5, 0.6) is 5.75 Å². The third kappa shape index (κ3) is 3.37. The number of nitro groups is 1. The average molecular weight is 339 g/mol. The highest BCUT2D eigenvalue weighted by atomic mass is 32.1. The van der Waals surface area contributed by atoms with Gasteiger partial charge in [0.05, 0.1) is 21.6 Å². The van der Waals surface area contributed by atoms with Gasteiger partial charge in [-0.2, -0.15) is 5.26 Å². The van der Waals surface area contributed by atoms with Crippen LogP contribution in [-0.4, -0.2) is 15.9 Å². The molecule has 1 heterocycles. The molecule has 24 heavy (non-hydrogen) atoms. The van der Waals surface area contributed by atoms with Crippen molar-refractivity contribution in [1.29, 1.82) is 5.26 Å². The van der Waals surface area contributed by atoms with Crippen molar-refractivity contribution in [1.82, 2.24) is 4.98 Å². The maximum Gasteiger partial charge on any atom is 0.315 e. The van der Waals surface area contributed by atoms with Gasteiger partial charge in [-0.15, -0.1) is 11.3 Å². The van der Waals surface area contributed by atoms with Crippen molar-refractivity contribution in [2.45, 2.75) is 6.42 Å². The number of nitrogens with zero attached hydrogens (tertiary/aromatic N) is 3. The first-order valence-corrected chi connectivity index (χ1v) is 7.61. The largest absolute Gasteiger partial charge is 0.426 e. The van der Waals surface area contributed by atoms with E-state index in [2.05, 4.69) is 4.98 Å². The van der Waals surface area contributed by atoms with Crippen molar-refractivity contribution in [3.05, 3.63) is 63.1 Å². The van der Waals surface area contributed by atoms with Gasteiger partial charge < -0.3 is 4.74 Å². The van der Waals surface area contributed by atoms with E-state index in [4.69, 9.17) is 10.00 Å². The van der Waals surface area contributed by atoms with E-state index in [1.807, 2.05) is 6.07 Å². The van der Waals surface area contributed by atoms with Crippen LogP contribution in [0.3, 0.4) is 0 Å². The molecule has 0 N–H and O–H groups in total. The van der Waals surface area contributed by atoms with E-state index in [1.54, 1.807) is 18.2 Å². The molecule has 0 unspecified atom stereocenters. The van der Waals surface area contributed by atoms with E-state index in [9.17, 15) is 14.9 Å². The molecule has 0 aliphatic carbocycles. The number of thiazole rings is 1. The lowest BCUT2D eigenvalue weighted by Crippen LogP contribution is -2.11. The average Bonchev–Trinajstić information content (AvgIpc) is 2.97. The molecule has 0 radical (unpaired) electrons. The first kappa shape index (κ1) is 15.6. The van der Waals surface area contributed by atoms with Crippen LogP contribution < -0.4 is 4.74 Å². The smallest absolute Gasteiger partial charge is 0.315 e. The van der Waals surface area contributed by atoms with E-state index in [1.165, 1.54) is 35.6 Å². The molecule has 2 aromatic carbocycles. The van der Waals surface area contributed by atoms with Crippen LogP contribution in [0.1, 0.15) is 10.6 Å². The molecule has 8 heteroatoms. The second kappa shape index (κ2) is 6.44. The zero-order chi connectivity index (χ0) is 17.1. The summed E-state index contributed by atoms with van der Waals surface area (Å²) in [4.78, 5) is 26.2. The number of fused-ring (bicyclic) bond motifs is 1. The number of hydrogen-bond donors (Lipinski definition) is 0. The van der Waals surface area contributed by atoms with Crippen LogP contribution >= 0.6 is 11.3 Å². The molecule has 0 fully saturated rings. The van der Waals surface area contributed by atoms with Crippen molar-refractivity contribution in [2.24, 2.45) is 0 Å². The number of benzene rings is 2. The number of non-ortho nitro benzene ring substituents is 1. The van der Waals surface area contributed by atoms with Gasteiger partial charge in [0.25, 0.3) is 5.69 Å². The van der Waals surface area contributed by atoms with Crippen LogP contribution in [-0.2, 0) is 11.2 Å². The Morgan fingerprint density at radius 3 is 2.71 bits per heavy atom. The molecule has 0 aliphatic rings. The number of aromatic nitrogens is 1. The third-order valence-corrected chi connectivity index (χ3v) is 4.10. The Bertz CT molecular complexity index is 973. The number of carbonyl (C=O) groups excluding carboxylic acids is 1. The Morgan fingerprint density at radius 1 is 1.29 bits per heavy atom. The SMILES string of the molecule is N#Cc1nc2ccc(CC(=O)Oc3ccc([N+](=O)[O-])cc3)cc2s1. The quantitative estimate of drug-likeness (QED) is 0.313. The summed E-state index contributed by atoms with van der Waals surface area (Å²) in [5.41, 5.74) is 1.38. The number of carbonyl (C=O) groups is 1. The maximum atomic E-state index is 12.0. The van der Waals surface area contributed by atoms with Gasteiger partial charge in [-0.25, -0.2) is 4.98 Å². The summed E-state index contributed by atoms with van der Waals surface area (Å²) in [7, 11) is 0. The van der Waals surface area contributed by atoms with Gasteiger partial charge in [0.15, 0.2) is 5.01 Å². The molecule has 0 saturated carbocycles. The molecular formula is C16H9N3O4S. The van der Waals surface area contributed by atoms with Crippen LogP contribution in [0.2, 0.25) is 0 Å². The van der Waals surface area contributed by atoms with Crippen LogP contribution in [0.15, 0.2) is 42.5 Å². The second-order valence-electron chi connectivity index (χ2n) is 4.83. The Kier molecular flexibility index (Phi) is 4.18. The van der Waals surface area contributed by atoms with Crippen molar-refractivity contribution < 1.29 is 14.5 Å². The summed E-state index contributed by atoms with van der Waals surface area (Å²) in [6.07, 6.45) is 0.0483. The lowest BCUT2D eigenvalue weighted by Gasteiger charge is -2.04. The number of rotatable bonds is 4. The summed E-state index contributed by atoms with van der Waals surface area (Å²) in [5, 5.41) is 19.8. The van der Waals surface area contributed by atoms with Gasteiger partial charge in [-0.1, -0.05) is 6.07 Å². The van der Waals surface area contributed by atoms with Crippen molar-refractivity contribution in [2.75, 3.05) is 0 Å². The summed E-state index contributed by atoms with van der Waals surface area (Å²) in [6, 6.07) is 12.6. The Hall–Kier alpha value is -3.31. The van der Waals surface area contributed by atoms with Gasteiger partial charge in [-0.3, -0.25) is 14.9 Å². The summed E-state index contributed by atoms with van der Waals surface area (Å²) in [6.45, 7) is 0. The minimum atomic E-state index is -0.522. The molecule has 3 rings (SSSR count). The first-order valence-electron chi connectivity index (χ1n) is 6.80. The fraction of sp³-hybridized carbons (Fsp3) is 0.0625. The lowest BCUT2D eigenvalue weighted by atomic mass is 10.1. The second-order valence-corrected chi connectivity index (χ2v) is 5.87. The molecule has 118 valence electrons. The predicted molar refractivity (Wildman–Crippen MR) is 86.8 cm³/mol. The highest BCUT2D eigenvalue weighted by molar-refractivity contribution is 7.19. The van der Waals surface area contributed by atoms with Gasteiger partial charge in [0.1, 0.15) is 11.8 Å². The zero-order valence-electron chi connectivity index (χ0n) is 12.1. The first-order chi connectivity index (χ1) is 11.5. The lowest BCUT2D eigenvalue weighted by molar-refractivity contribution is -0.384. The fourth-order valence-electron chi connectivity index (χ4n) is 2.10. The number of nitro benzene ring substituents is 1. The molecule has 1 aromatic heterocycles. The number of ether oxygens (including phenoxy) is 1. The van der Waals surface area contributed by atoms with Crippen LogP contribution in [0.25, 0.3) is 10.2 Å². The van der Waals surface area contributed by atoms with Crippen molar-refractivity contribution in [3.8, 4) is 11.8 Å². The third-order valence-electron chi connectivity index (χ3n) is 3.18. The molecule has 3 aromatic rings. The van der Waals surface area contributed by atoms with Gasteiger partial charge in [0, 0.05) is 12.1 Å². The van der Waals surface area contributed by atoms with Crippen LogP contribution in [0, 0.1) is 21.4 Å². The molecule has 0 saturated heterocycles. The summed E-state index contributed by atoms with van der Waals surface area (Å²) >= 11 is 1.26. The van der Waals surface area contributed by atoms with Crippen molar-refractivity contribution >= 4 is 33.2 Å². The minimum absolute atomic E-state index is 0.0483. The maximum absolute atomic E-state index is 12.0. The van der Waals surface area contributed by atoms with Gasteiger partial charge >= 0.3 is 5.97 Å². The van der Waals surface area contributed by atoms with Crippen LogP contribution in [0.4, 0.5) is 5.69 Å². The number of hydrogen-bond acceptors (Lipinski definition) is 7. The monoisotopic (exact) mass is 339 g/mol. The van der Waals surface area contributed by atoms with E-state index in [0.29, 0.717) is 10.5 Å².